The van der Waals surface area contributed by atoms with Crippen LogP contribution in [0.2, 0.25) is 5.15 Å². The monoisotopic (exact) mass is 385 g/mol. The van der Waals surface area contributed by atoms with Crippen molar-refractivity contribution in [3.05, 3.63) is 52.0 Å². The van der Waals surface area contributed by atoms with Crippen molar-refractivity contribution < 1.29 is 18.0 Å². The van der Waals surface area contributed by atoms with E-state index in [1.54, 1.807) is 30.0 Å². The fourth-order valence-electron chi connectivity index (χ4n) is 2.69. The number of halogens is 4. The molecule has 0 N–H and O–H groups in total. The maximum Gasteiger partial charge on any atom is 0.389 e. The summed E-state index contributed by atoms with van der Waals surface area (Å²) < 4.78 is 37.1. The third-order valence-corrected chi connectivity index (χ3v) is 4.56. The number of hydrogen-bond donors (Lipinski definition) is 0. The smallest absolute Gasteiger partial charge is 0.328 e. The van der Waals surface area contributed by atoms with Crippen LogP contribution in [0.25, 0.3) is 0 Å². The van der Waals surface area contributed by atoms with Gasteiger partial charge in [-0.1, -0.05) is 23.8 Å². The molecule has 0 bridgehead atoms. The maximum absolute atomic E-state index is 12.5. The highest BCUT2D eigenvalue weighted by molar-refractivity contribution is 6.30. The van der Waals surface area contributed by atoms with E-state index in [2.05, 4.69) is 16.7 Å². The average Bonchev–Trinajstić information content (AvgIpc) is 2.91. The summed E-state index contributed by atoms with van der Waals surface area (Å²) in [5.41, 5.74) is 2.08. The zero-order valence-electron chi connectivity index (χ0n) is 14.5. The van der Waals surface area contributed by atoms with Gasteiger partial charge in [-0.2, -0.15) is 13.2 Å². The molecule has 0 saturated carbocycles. The zero-order chi connectivity index (χ0) is 19.5. The van der Waals surface area contributed by atoms with Crippen molar-refractivity contribution in [3.63, 3.8) is 0 Å². The van der Waals surface area contributed by atoms with Gasteiger partial charge in [-0.05, 0) is 38.6 Å². The van der Waals surface area contributed by atoms with Gasteiger partial charge in [0.25, 0.3) is 5.91 Å². The van der Waals surface area contributed by atoms with E-state index in [1.165, 1.54) is 6.20 Å². The number of carbonyl (C=O) groups is 1. The van der Waals surface area contributed by atoms with Gasteiger partial charge in [-0.15, -0.1) is 0 Å². The molecular formula is C18H19ClF3N3O. The lowest BCUT2D eigenvalue weighted by Gasteiger charge is -2.21. The number of aromatic nitrogens is 1. The molecule has 8 heteroatoms. The quantitative estimate of drug-likeness (QED) is 0.395. The van der Waals surface area contributed by atoms with Crippen molar-refractivity contribution in [2.24, 2.45) is 4.99 Å². The van der Waals surface area contributed by atoms with E-state index >= 15 is 0 Å². The van der Waals surface area contributed by atoms with Crippen molar-refractivity contribution in [2.75, 3.05) is 0 Å². The highest BCUT2D eigenvalue weighted by Gasteiger charge is 2.31. The van der Waals surface area contributed by atoms with Crippen LogP contribution in [0.15, 0.2) is 40.7 Å². The third kappa shape index (κ3) is 4.72. The van der Waals surface area contributed by atoms with Crippen LogP contribution in [0.3, 0.4) is 0 Å². The summed E-state index contributed by atoms with van der Waals surface area (Å²) in [5.74, 6) is -0.151. The van der Waals surface area contributed by atoms with Gasteiger partial charge in [0.2, 0.25) is 0 Å². The molecule has 1 aromatic heterocycles. The Kier molecular flexibility index (Phi) is 6.23. The number of carbonyl (C=O) groups excluding carboxylic acids is 1. The Labute approximate surface area is 155 Å². The predicted molar refractivity (Wildman–Crippen MR) is 95.3 cm³/mol. The molecule has 26 heavy (non-hydrogen) atoms. The first-order chi connectivity index (χ1) is 12.1. The van der Waals surface area contributed by atoms with Crippen LogP contribution in [0.1, 0.15) is 42.6 Å². The van der Waals surface area contributed by atoms with E-state index in [0.717, 1.165) is 0 Å². The Bertz CT molecular complexity index is 771. The molecule has 1 aliphatic rings. The van der Waals surface area contributed by atoms with Gasteiger partial charge in [0.1, 0.15) is 5.15 Å². The summed E-state index contributed by atoms with van der Waals surface area (Å²) in [6, 6.07) is 1.36. The first-order valence-electron chi connectivity index (χ1n) is 8.00. The summed E-state index contributed by atoms with van der Waals surface area (Å²) in [6.07, 6.45) is -0.520. The highest BCUT2D eigenvalue weighted by Crippen LogP contribution is 2.29. The summed E-state index contributed by atoms with van der Waals surface area (Å²) in [7, 11) is 0. The van der Waals surface area contributed by atoms with Gasteiger partial charge >= 0.3 is 6.18 Å². The van der Waals surface area contributed by atoms with Crippen molar-refractivity contribution in [2.45, 2.75) is 45.5 Å². The fraction of sp³-hybridized carbons (Fsp3) is 0.389. The number of allylic oxidation sites excluding steroid dienone is 3. The van der Waals surface area contributed by atoms with Crippen LogP contribution in [0, 0.1) is 0 Å². The van der Waals surface area contributed by atoms with Crippen molar-refractivity contribution in [1.29, 1.82) is 0 Å². The minimum absolute atomic E-state index is 0.151. The van der Waals surface area contributed by atoms with Gasteiger partial charge in [-0.3, -0.25) is 9.79 Å². The average molecular weight is 386 g/mol. The molecule has 0 radical (unpaired) electrons. The highest BCUT2D eigenvalue weighted by atomic mass is 35.5. The Morgan fingerprint density at radius 2 is 2.23 bits per heavy atom. The minimum atomic E-state index is -4.24. The van der Waals surface area contributed by atoms with Gasteiger partial charge in [-0.25, -0.2) is 4.98 Å². The number of pyridine rings is 1. The normalized spacial score (nSPS) is 16.7. The number of rotatable bonds is 6. The molecular weight excluding hydrogens is 367 g/mol. The molecule has 0 aliphatic carbocycles. The van der Waals surface area contributed by atoms with E-state index in [9.17, 15) is 18.0 Å². The summed E-state index contributed by atoms with van der Waals surface area (Å²) in [5, 5.41) is 0.302. The summed E-state index contributed by atoms with van der Waals surface area (Å²) in [6.45, 7) is 7.18. The first kappa shape index (κ1) is 20.2. The Balaban J connectivity index is 2.10. The van der Waals surface area contributed by atoms with Crippen LogP contribution in [-0.2, 0) is 6.54 Å². The predicted octanol–water partition coefficient (Wildman–Crippen LogP) is 4.95. The molecule has 1 aliphatic heterocycles. The number of nitrogens with zero attached hydrogens (tertiary/aromatic N) is 3. The van der Waals surface area contributed by atoms with E-state index in [-0.39, 0.29) is 24.1 Å². The van der Waals surface area contributed by atoms with Crippen LogP contribution in [0.5, 0.6) is 0 Å². The third-order valence-electron chi connectivity index (χ3n) is 4.23. The lowest BCUT2D eigenvalue weighted by atomic mass is 10.1. The van der Waals surface area contributed by atoms with Crippen LogP contribution >= 0.6 is 11.6 Å². The van der Waals surface area contributed by atoms with E-state index in [4.69, 9.17) is 11.6 Å². The minimum Gasteiger partial charge on any atom is -0.328 e. The number of aliphatic imine (C=N–C) groups is 1. The molecule has 1 aromatic rings. The second kappa shape index (κ2) is 8.03. The summed E-state index contributed by atoms with van der Waals surface area (Å²) in [4.78, 5) is 21.8. The number of fused-ring (bicyclic) bond motifs is 1. The Hall–Kier alpha value is -2.15. The molecule has 0 saturated heterocycles. The molecule has 2 rings (SSSR count). The van der Waals surface area contributed by atoms with Crippen molar-refractivity contribution in [3.8, 4) is 0 Å². The fourth-order valence-corrected chi connectivity index (χ4v) is 2.91. The standard InChI is InChI=1S/C18H19ClF3N3O/c1-11(15(23-3)6-8-18(20,21)22)4-5-12(2)25-10-14-13(17(25)26)7-9-24-16(14)19/h4-5,7,9,12H,3,6,8,10H2,1-2H3/b5-4+,15-11-. The van der Waals surface area contributed by atoms with Crippen LogP contribution in [0.4, 0.5) is 13.2 Å². The van der Waals surface area contributed by atoms with E-state index < -0.39 is 12.6 Å². The number of amides is 1. The lowest BCUT2D eigenvalue weighted by Crippen LogP contribution is -2.31. The largest absolute Gasteiger partial charge is 0.389 e. The topological polar surface area (TPSA) is 45.6 Å². The molecule has 1 unspecified atom stereocenters. The summed E-state index contributed by atoms with van der Waals surface area (Å²) >= 11 is 6.04. The SMILES string of the molecule is C=N/C(CCC(F)(F)F)=C(C)\C=C\C(C)N1Cc2c(ccnc2Cl)C1=O. The molecule has 0 aromatic carbocycles. The molecule has 1 amide bonds. The Morgan fingerprint density at radius 1 is 1.54 bits per heavy atom. The van der Waals surface area contributed by atoms with Gasteiger partial charge in [0, 0.05) is 35.5 Å². The number of hydrogen-bond acceptors (Lipinski definition) is 3. The lowest BCUT2D eigenvalue weighted by molar-refractivity contribution is -0.134. The second-order valence-corrected chi connectivity index (χ2v) is 6.42. The second-order valence-electron chi connectivity index (χ2n) is 6.06. The van der Waals surface area contributed by atoms with E-state index in [0.29, 0.717) is 28.4 Å². The Morgan fingerprint density at radius 3 is 2.81 bits per heavy atom. The van der Waals surface area contributed by atoms with Gasteiger partial charge in [0.15, 0.2) is 0 Å². The van der Waals surface area contributed by atoms with Crippen molar-refractivity contribution in [1.82, 2.24) is 9.88 Å². The molecule has 0 spiro atoms. The van der Waals surface area contributed by atoms with Gasteiger partial charge in [0.05, 0.1) is 6.54 Å². The molecule has 140 valence electrons. The molecule has 1 atom stereocenters. The zero-order valence-corrected chi connectivity index (χ0v) is 15.2. The first-order valence-corrected chi connectivity index (χ1v) is 8.37. The molecule has 2 heterocycles. The number of alkyl halides is 3. The van der Waals surface area contributed by atoms with Crippen molar-refractivity contribution >= 4 is 24.2 Å². The van der Waals surface area contributed by atoms with Gasteiger partial charge < -0.3 is 4.90 Å². The van der Waals surface area contributed by atoms with Crippen LogP contribution in [-0.4, -0.2) is 34.7 Å². The van der Waals surface area contributed by atoms with E-state index in [1.807, 2.05) is 6.92 Å². The maximum atomic E-state index is 12.5. The van der Waals surface area contributed by atoms with Crippen LogP contribution < -0.4 is 0 Å². The molecule has 4 nitrogen and oxygen atoms in total. The molecule has 0 fully saturated rings.